The van der Waals surface area contributed by atoms with E-state index in [0.29, 0.717) is 5.92 Å². The van der Waals surface area contributed by atoms with Crippen LogP contribution in [0.5, 0.6) is 0 Å². The Hall–Kier alpha value is -0.780. The van der Waals surface area contributed by atoms with Crippen molar-refractivity contribution in [3.63, 3.8) is 0 Å². The molecule has 1 spiro atoms. The fraction of sp³-hybridized carbons (Fsp3) is 0.667. The number of benzene rings is 1. The molecule has 1 fully saturated rings. The van der Waals surface area contributed by atoms with E-state index in [9.17, 15) is 8.60 Å². The molecule has 3 rings (SSSR count). The lowest BCUT2D eigenvalue weighted by Gasteiger charge is -2.42. The van der Waals surface area contributed by atoms with Gasteiger partial charge in [-0.15, -0.1) is 0 Å². The van der Waals surface area contributed by atoms with Gasteiger partial charge in [-0.25, -0.2) is 8.60 Å². The van der Waals surface area contributed by atoms with Crippen molar-refractivity contribution in [1.82, 2.24) is 5.32 Å². The molecule has 1 unspecified atom stereocenters. The second-order valence-corrected chi connectivity index (χ2v) is 9.47. The Kier molecular flexibility index (Phi) is 4.64. The molecule has 0 bridgehead atoms. The normalized spacial score (nSPS) is 24.6. The molecule has 0 saturated carbocycles. The van der Waals surface area contributed by atoms with E-state index in [0.717, 1.165) is 44.3 Å². The molecule has 2 aliphatic rings. The minimum atomic E-state index is -1.37. The molecule has 3 nitrogen and oxygen atoms in total. The van der Waals surface area contributed by atoms with Crippen LogP contribution in [-0.2, 0) is 24.1 Å². The van der Waals surface area contributed by atoms with Gasteiger partial charge in [-0.05, 0) is 80.6 Å². The lowest BCUT2D eigenvalue weighted by atomic mass is 9.67. The molecule has 0 aromatic heterocycles. The summed E-state index contributed by atoms with van der Waals surface area (Å²) in [4.78, 5) is 0. The molecule has 1 saturated heterocycles. The van der Waals surface area contributed by atoms with Crippen molar-refractivity contribution in [2.75, 3.05) is 13.1 Å². The summed E-state index contributed by atoms with van der Waals surface area (Å²) in [6.45, 7) is 5.57. The predicted octanol–water partition coefficient (Wildman–Crippen LogP) is 2.96. The lowest BCUT2D eigenvalue weighted by Crippen LogP contribution is -2.43. The van der Waals surface area contributed by atoms with Crippen LogP contribution in [0.3, 0.4) is 0 Å². The van der Waals surface area contributed by atoms with Crippen molar-refractivity contribution >= 4 is 11.0 Å². The summed E-state index contributed by atoms with van der Waals surface area (Å²) in [5.41, 5.74) is 3.55. The van der Waals surface area contributed by atoms with Crippen molar-refractivity contribution in [3.8, 4) is 0 Å². The molecule has 1 aromatic carbocycles. The second kappa shape index (κ2) is 6.26. The highest BCUT2D eigenvalue weighted by molar-refractivity contribution is 7.84. The van der Waals surface area contributed by atoms with E-state index in [1.54, 1.807) is 0 Å². The van der Waals surface area contributed by atoms with Crippen molar-refractivity contribution in [2.45, 2.75) is 56.9 Å². The van der Waals surface area contributed by atoms with Gasteiger partial charge in [0, 0.05) is 0 Å². The van der Waals surface area contributed by atoms with Gasteiger partial charge in [-0.1, -0.05) is 18.2 Å². The maximum Gasteiger partial charge on any atom is 0.115 e. The van der Waals surface area contributed by atoms with Gasteiger partial charge < -0.3 is 5.32 Å². The van der Waals surface area contributed by atoms with E-state index < -0.39 is 22.4 Å². The maximum absolute atomic E-state index is 13.1. The summed E-state index contributed by atoms with van der Waals surface area (Å²) >= 11 is 0. The molecule has 23 heavy (non-hydrogen) atoms. The summed E-state index contributed by atoms with van der Waals surface area (Å²) in [7, 11) is -1.37. The van der Waals surface area contributed by atoms with Crippen molar-refractivity contribution in [2.24, 2.45) is 10.6 Å². The van der Waals surface area contributed by atoms with Crippen LogP contribution in [0.2, 0.25) is 0 Å². The van der Waals surface area contributed by atoms with Gasteiger partial charge in [0.2, 0.25) is 0 Å². The Morgan fingerprint density at radius 2 is 2.09 bits per heavy atom. The van der Waals surface area contributed by atoms with Crippen molar-refractivity contribution < 1.29 is 8.60 Å². The van der Waals surface area contributed by atoms with Gasteiger partial charge >= 0.3 is 0 Å². The standard InChI is InChI=1S/C18H27FN2OS/c1-17(2,23(20)22)11-16-15-9-13(12-19)3-4-14(15)10-18(16)5-7-21-8-6-18/h3-4,9,16,21H,5-8,10-12,20H2,1-2H3/t16-,23?/m1/s1. The van der Waals surface area contributed by atoms with E-state index in [2.05, 4.69) is 11.4 Å². The van der Waals surface area contributed by atoms with E-state index in [4.69, 9.17) is 5.14 Å². The number of fused-ring (bicyclic) bond motifs is 1. The first-order chi connectivity index (χ1) is 10.9. The molecule has 1 aliphatic carbocycles. The topological polar surface area (TPSA) is 55.1 Å². The van der Waals surface area contributed by atoms with Crippen molar-refractivity contribution in [1.29, 1.82) is 0 Å². The third kappa shape index (κ3) is 3.11. The molecule has 128 valence electrons. The Bertz CT molecular complexity index is 611. The van der Waals surface area contributed by atoms with Gasteiger partial charge in [-0.3, -0.25) is 5.14 Å². The largest absolute Gasteiger partial charge is 0.317 e. The van der Waals surface area contributed by atoms with Crippen LogP contribution in [0.25, 0.3) is 0 Å². The molecule has 1 heterocycles. The summed E-state index contributed by atoms with van der Waals surface area (Å²) in [6.07, 6.45) is 4.07. The first-order valence-electron chi connectivity index (χ1n) is 8.43. The Morgan fingerprint density at radius 3 is 2.70 bits per heavy atom. The fourth-order valence-electron chi connectivity index (χ4n) is 4.40. The highest BCUT2D eigenvalue weighted by atomic mass is 32.2. The number of nitrogens with two attached hydrogens (primary N) is 1. The zero-order chi connectivity index (χ0) is 16.7. The number of hydrogen-bond donors (Lipinski definition) is 2. The van der Waals surface area contributed by atoms with Gasteiger partial charge in [0.1, 0.15) is 6.67 Å². The molecule has 5 heteroatoms. The van der Waals surface area contributed by atoms with Crippen LogP contribution >= 0.6 is 0 Å². The number of rotatable bonds is 4. The minimum absolute atomic E-state index is 0.207. The smallest absolute Gasteiger partial charge is 0.115 e. The highest BCUT2D eigenvalue weighted by Crippen LogP contribution is 2.55. The number of alkyl halides is 1. The highest BCUT2D eigenvalue weighted by Gasteiger charge is 2.48. The molecular formula is C18H27FN2OS. The first-order valence-corrected chi connectivity index (χ1v) is 9.64. The first kappa shape index (κ1) is 17.1. The predicted molar refractivity (Wildman–Crippen MR) is 93.3 cm³/mol. The lowest BCUT2D eigenvalue weighted by molar-refractivity contribution is 0.158. The van der Waals surface area contributed by atoms with Crippen LogP contribution in [0.1, 0.15) is 55.7 Å². The Morgan fingerprint density at radius 1 is 1.39 bits per heavy atom. The average molecular weight is 338 g/mol. The van der Waals surface area contributed by atoms with E-state index >= 15 is 0 Å². The summed E-state index contributed by atoms with van der Waals surface area (Å²) in [6, 6.07) is 6.04. The zero-order valence-electron chi connectivity index (χ0n) is 14.0. The Balaban J connectivity index is 2.01. The van der Waals surface area contributed by atoms with Crippen LogP contribution < -0.4 is 10.5 Å². The molecule has 1 aliphatic heterocycles. The van der Waals surface area contributed by atoms with E-state index in [1.165, 1.54) is 11.1 Å². The summed E-state index contributed by atoms with van der Waals surface area (Å²) < 4.78 is 24.7. The van der Waals surface area contributed by atoms with Crippen LogP contribution in [0.4, 0.5) is 4.39 Å². The number of hydrogen-bond acceptors (Lipinski definition) is 2. The van der Waals surface area contributed by atoms with Crippen LogP contribution in [-0.4, -0.2) is 22.0 Å². The third-order valence-corrected chi connectivity index (χ3v) is 7.12. The molecule has 2 atom stereocenters. The summed E-state index contributed by atoms with van der Waals surface area (Å²) in [5, 5.41) is 9.19. The van der Waals surface area contributed by atoms with Gasteiger partial charge in [0.15, 0.2) is 0 Å². The van der Waals surface area contributed by atoms with Gasteiger partial charge in [0.05, 0.1) is 15.7 Å². The molecule has 3 N–H and O–H groups in total. The number of piperidine rings is 1. The molecular weight excluding hydrogens is 311 g/mol. The van der Waals surface area contributed by atoms with Crippen molar-refractivity contribution in [3.05, 3.63) is 34.9 Å². The Labute approximate surface area is 140 Å². The minimum Gasteiger partial charge on any atom is -0.317 e. The molecule has 1 aromatic rings. The van der Waals surface area contributed by atoms with E-state index in [-0.39, 0.29) is 5.41 Å². The summed E-state index contributed by atoms with van der Waals surface area (Å²) in [5.74, 6) is 0.314. The fourth-order valence-corrected chi connectivity index (χ4v) is 4.73. The quantitative estimate of drug-likeness (QED) is 0.887. The third-order valence-electron chi connectivity index (χ3n) is 5.86. The average Bonchev–Trinajstić information content (AvgIpc) is 2.80. The number of halogens is 1. The maximum atomic E-state index is 13.1. The number of nitrogens with one attached hydrogen (secondary N) is 1. The monoisotopic (exact) mass is 338 g/mol. The van der Waals surface area contributed by atoms with Gasteiger partial charge in [0.25, 0.3) is 0 Å². The van der Waals surface area contributed by atoms with E-state index in [1.807, 2.05) is 26.0 Å². The van der Waals surface area contributed by atoms with Gasteiger partial charge in [-0.2, -0.15) is 0 Å². The van der Waals surface area contributed by atoms with Crippen LogP contribution in [0, 0.1) is 5.41 Å². The SMILES string of the molecule is CC(C)(C[C@@H]1c2cc(CF)ccc2CC12CCNCC2)S(N)=O. The molecule has 0 amide bonds. The molecule has 0 radical (unpaired) electrons. The second-order valence-electron chi connectivity index (χ2n) is 7.77. The zero-order valence-corrected chi connectivity index (χ0v) is 14.8. The van der Waals surface area contributed by atoms with Crippen LogP contribution in [0.15, 0.2) is 18.2 Å².